The van der Waals surface area contributed by atoms with Gasteiger partial charge in [-0.05, 0) is 31.5 Å². The molecule has 0 unspecified atom stereocenters. The first kappa shape index (κ1) is 15.0. The molecule has 0 amide bonds. The molecule has 0 aliphatic rings. The molecule has 2 aromatic rings. The second kappa shape index (κ2) is 6.39. The van der Waals surface area contributed by atoms with Gasteiger partial charge < -0.3 is 10.5 Å². The fraction of sp³-hybridized carbons (Fsp3) is 0.294. The fourth-order valence-corrected chi connectivity index (χ4v) is 2.43. The molecule has 4 heteroatoms. The summed E-state index contributed by atoms with van der Waals surface area (Å²) in [6, 6.07) is 7.40. The van der Waals surface area contributed by atoms with Crippen LogP contribution in [0.25, 0.3) is 0 Å². The first-order chi connectivity index (χ1) is 10.0. The number of hydrogen-bond acceptors (Lipinski definition) is 4. The maximum absolute atomic E-state index is 12.2. The number of carbonyl (C=O) groups is 1. The van der Waals surface area contributed by atoms with Gasteiger partial charge in [-0.25, -0.2) is 0 Å². The molecule has 1 heterocycles. The summed E-state index contributed by atoms with van der Waals surface area (Å²) < 4.78 is 5.36. The second-order valence-corrected chi connectivity index (χ2v) is 5.18. The Balaban J connectivity index is 2.13. The molecule has 0 aliphatic carbocycles. The average molecular weight is 284 g/mol. The van der Waals surface area contributed by atoms with Crippen molar-refractivity contribution in [3.63, 3.8) is 0 Å². The number of ketones is 1. The molecule has 21 heavy (non-hydrogen) atoms. The zero-order valence-corrected chi connectivity index (χ0v) is 12.6. The molecule has 0 saturated heterocycles. The number of hydrogen-bond donors (Lipinski definition) is 1. The fourth-order valence-electron chi connectivity index (χ4n) is 2.43. The van der Waals surface area contributed by atoms with E-state index in [4.69, 9.17) is 10.5 Å². The number of aromatic nitrogens is 1. The van der Waals surface area contributed by atoms with E-state index in [0.29, 0.717) is 18.5 Å². The number of nitrogen functional groups attached to an aromatic ring is 1. The Morgan fingerprint density at radius 3 is 2.71 bits per heavy atom. The highest BCUT2D eigenvalue weighted by Gasteiger charge is 2.13. The van der Waals surface area contributed by atoms with Crippen LogP contribution in [0.2, 0.25) is 0 Å². The van der Waals surface area contributed by atoms with Crippen molar-refractivity contribution in [3.8, 4) is 5.75 Å². The maximum Gasteiger partial charge on any atom is 0.143 e. The lowest BCUT2D eigenvalue weighted by Gasteiger charge is -2.11. The van der Waals surface area contributed by atoms with Crippen LogP contribution in [-0.2, 0) is 17.6 Å². The quantitative estimate of drug-likeness (QED) is 0.857. The van der Waals surface area contributed by atoms with Gasteiger partial charge in [0.05, 0.1) is 12.8 Å². The molecule has 1 aromatic heterocycles. The van der Waals surface area contributed by atoms with E-state index in [1.165, 1.54) is 0 Å². The number of nitrogens with two attached hydrogens (primary N) is 1. The highest BCUT2D eigenvalue weighted by Crippen LogP contribution is 2.24. The van der Waals surface area contributed by atoms with Crippen molar-refractivity contribution < 1.29 is 9.53 Å². The van der Waals surface area contributed by atoms with Crippen LogP contribution in [0.5, 0.6) is 5.75 Å². The predicted octanol–water partition coefficient (Wildman–Crippen LogP) is 2.64. The van der Waals surface area contributed by atoms with Crippen LogP contribution in [0.3, 0.4) is 0 Å². The maximum atomic E-state index is 12.2. The van der Waals surface area contributed by atoms with Gasteiger partial charge in [0.15, 0.2) is 0 Å². The SMILES string of the molecule is COc1c(C)cnc(CC(=O)Cc2cccc(N)c2)c1C. The highest BCUT2D eigenvalue weighted by atomic mass is 16.5. The molecule has 0 fully saturated rings. The van der Waals surface area contributed by atoms with Crippen LogP contribution in [0, 0.1) is 13.8 Å². The molecule has 4 nitrogen and oxygen atoms in total. The molecule has 110 valence electrons. The van der Waals surface area contributed by atoms with Gasteiger partial charge in [0.1, 0.15) is 11.5 Å². The molecule has 1 aromatic carbocycles. The lowest BCUT2D eigenvalue weighted by molar-refractivity contribution is -0.117. The number of pyridine rings is 1. The van der Waals surface area contributed by atoms with E-state index >= 15 is 0 Å². The minimum atomic E-state index is 0.113. The normalized spacial score (nSPS) is 10.4. The van der Waals surface area contributed by atoms with Crippen LogP contribution < -0.4 is 10.5 Å². The monoisotopic (exact) mass is 284 g/mol. The summed E-state index contributed by atoms with van der Waals surface area (Å²) in [6.07, 6.45) is 2.41. The van der Waals surface area contributed by atoms with Gasteiger partial charge in [-0.2, -0.15) is 0 Å². The zero-order chi connectivity index (χ0) is 15.4. The van der Waals surface area contributed by atoms with Gasteiger partial charge >= 0.3 is 0 Å². The van der Waals surface area contributed by atoms with Crippen molar-refractivity contribution in [2.75, 3.05) is 12.8 Å². The summed E-state index contributed by atoms with van der Waals surface area (Å²) in [5.74, 6) is 0.916. The lowest BCUT2D eigenvalue weighted by atomic mass is 10.0. The largest absolute Gasteiger partial charge is 0.496 e. The van der Waals surface area contributed by atoms with Crippen LogP contribution in [0.1, 0.15) is 22.4 Å². The van der Waals surface area contributed by atoms with Gasteiger partial charge in [-0.1, -0.05) is 12.1 Å². The molecule has 2 N–H and O–H groups in total. The number of Topliss-reactive ketones (excluding diaryl/α,β-unsaturated/α-hetero) is 1. The van der Waals surface area contributed by atoms with Crippen LogP contribution in [0.4, 0.5) is 5.69 Å². The Bertz CT molecular complexity index is 666. The highest BCUT2D eigenvalue weighted by molar-refractivity contribution is 5.83. The topological polar surface area (TPSA) is 65.2 Å². The minimum Gasteiger partial charge on any atom is -0.496 e. The van der Waals surface area contributed by atoms with E-state index in [2.05, 4.69) is 4.98 Å². The van der Waals surface area contributed by atoms with Crippen LogP contribution in [-0.4, -0.2) is 17.9 Å². The summed E-state index contributed by atoms with van der Waals surface area (Å²) in [6.45, 7) is 3.87. The van der Waals surface area contributed by atoms with Crippen molar-refractivity contribution in [2.45, 2.75) is 26.7 Å². The standard InChI is InChI=1S/C17H20N2O2/c1-11-10-19-16(12(2)17(11)21-3)9-15(20)8-13-5-4-6-14(18)7-13/h4-7,10H,8-9,18H2,1-3H3. The molecule has 0 aliphatic heterocycles. The molecule has 2 rings (SSSR count). The van der Waals surface area contributed by atoms with Crippen molar-refractivity contribution in [3.05, 3.63) is 52.8 Å². The van der Waals surface area contributed by atoms with E-state index < -0.39 is 0 Å². The Kier molecular flexibility index (Phi) is 4.58. The number of benzene rings is 1. The minimum absolute atomic E-state index is 0.113. The average Bonchev–Trinajstić information content (AvgIpc) is 2.42. The first-order valence-electron chi connectivity index (χ1n) is 6.86. The summed E-state index contributed by atoms with van der Waals surface area (Å²) in [5.41, 5.74) is 10.00. The summed E-state index contributed by atoms with van der Waals surface area (Å²) in [5, 5.41) is 0. The van der Waals surface area contributed by atoms with Gasteiger partial charge in [0.2, 0.25) is 0 Å². The Hall–Kier alpha value is -2.36. The number of nitrogens with zero attached hydrogens (tertiary/aromatic N) is 1. The van der Waals surface area contributed by atoms with E-state index in [1.54, 1.807) is 13.3 Å². The van der Waals surface area contributed by atoms with Crippen molar-refractivity contribution in [1.29, 1.82) is 0 Å². The number of carbonyl (C=O) groups excluding carboxylic acids is 1. The number of ether oxygens (including phenoxy) is 1. The van der Waals surface area contributed by atoms with E-state index in [9.17, 15) is 4.79 Å². The van der Waals surface area contributed by atoms with Crippen molar-refractivity contribution in [1.82, 2.24) is 4.98 Å². The Morgan fingerprint density at radius 1 is 1.29 bits per heavy atom. The number of aryl methyl sites for hydroxylation is 1. The summed E-state index contributed by atoms with van der Waals surface area (Å²) in [7, 11) is 1.63. The van der Waals surface area contributed by atoms with Crippen molar-refractivity contribution in [2.24, 2.45) is 0 Å². The lowest BCUT2D eigenvalue weighted by Crippen LogP contribution is -2.10. The first-order valence-corrected chi connectivity index (χ1v) is 6.86. The van der Waals surface area contributed by atoms with Gasteiger partial charge in [0.25, 0.3) is 0 Å². The molecule has 0 spiro atoms. The predicted molar refractivity (Wildman–Crippen MR) is 83.5 cm³/mol. The second-order valence-electron chi connectivity index (χ2n) is 5.18. The Morgan fingerprint density at radius 2 is 2.05 bits per heavy atom. The summed E-state index contributed by atoms with van der Waals surface area (Å²) in [4.78, 5) is 16.6. The van der Waals surface area contributed by atoms with Gasteiger partial charge in [0, 0.05) is 35.9 Å². The molecule has 0 atom stereocenters. The third-order valence-electron chi connectivity index (χ3n) is 3.47. The van der Waals surface area contributed by atoms with E-state index in [-0.39, 0.29) is 5.78 Å². The molecule has 0 saturated carbocycles. The smallest absolute Gasteiger partial charge is 0.143 e. The third-order valence-corrected chi connectivity index (χ3v) is 3.47. The van der Waals surface area contributed by atoms with Crippen molar-refractivity contribution >= 4 is 11.5 Å². The van der Waals surface area contributed by atoms with Gasteiger partial charge in [-0.15, -0.1) is 0 Å². The Labute approximate surface area is 125 Å². The van der Waals surface area contributed by atoms with E-state index in [1.807, 2.05) is 38.1 Å². The zero-order valence-electron chi connectivity index (χ0n) is 12.6. The van der Waals surface area contributed by atoms with Gasteiger partial charge in [-0.3, -0.25) is 9.78 Å². The molecular weight excluding hydrogens is 264 g/mol. The molecular formula is C17H20N2O2. The van der Waals surface area contributed by atoms with E-state index in [0.717, 1.165) is 28.1 Å². The third kappa shape index (κ3) is 3.60. The molecule has 0 radical (unpaired) electrons. The van der Waals surface area contributed by atoms with Crippen LogP contribution in [0.15, 0.2) is 30.5 Å². The number of methoxy groups -OCH3 is 1. The molecule has 0 bridgehead atoms. The van der Waals surface area contributed by atoms with Crippen LogP contribution >= 0.6 is 0 Å². The number of rotatable bonds is 5. The summed E-state index contributed by atoms with van der Waals surface area (Å²) >= 11 is 0. The number of anilines is 1.